The van der Waals surface area contributed by atoms with Crippen molar-refractivity contribution >= 4 is 40.3 Å². The highest BCUT2D eigenvalue weighted by Crippen LogP contribution is 2.36. The van der Waals surface area contributed by atoms with Gasteiger partial charge < -0.3 is 0 Å². The van der Waals surface area contributed by atoms with E-state index < -0.39 is 17.5 Å². The third kappa shape index (κ3) is 3.16. The van der Waals surface area contributed by atoms with Gasteiger partial charge in [0.2, 0.25) is 0 Å². The summed E-state index contributed by atoms with van der Waals surface area (Å²) < 4.78 is 14.3. The fourth-order valence-electron chi connectivity index (χ4n) is 3.42. The van der Waals surface area contributed by atoms with E-state index in [4.69, 9.17) is 11.6 Å². The molecule has 0 aliphatic carbocycles. The highest BCUT2D eigenvalue weighted by molar-refractivity contribution is 7.07. The van der Waals surface area contributed by atoms with Crippen LogP contribution in [-0.4, -0.2) is 54.3 Å². The van der Waals surface area contributed by atoms with Crippen molar-refractivity contribution in [2.75, 3.05) is 37.7 Å². The van der Waals surface area contributed by atoms with Crippen LogP contribution in [0.3, 0.4) is 0 Å². The monoisotopic (exact) mass is 393 g/mol. The Hall–Kier alpha value is -1.80. The summed E-state index contributed by atoms with van der Waals surface area (Å²) in [7, 11) is 0. The van der Waals surface area contributed by atoms with E-state index in [1.54, 1.807) is 11.3 Å². The number of hydrogen-bond donors (Lipinski definition) is 0. The van der Waals surface area contributed by atoms with Gasteiger partial charge >= 0.3 is 5.91 Å². The Morgan fingerprint density at radius 3 is 2.50 bits per heavy atom. The molecule has 2 aromatic rings. The zero-order valence-electron chi connectivity index (χ0n) is 14.0. The summed E-state index contributed by atoms with van der Waals surface area (Å²) in [6.07, 6.45) is 0. The molecule has 3 heterocycles. The number of Topliss-reactive ketones (excluding diaryl/α,β-unsaturated/α-hetero) is 1. The maximum atomic E-state index is 14.3. The van der Waals surface area contributed by atoms with Crippen LogP contribution in [0.1, 0.15) is 15.9 Å². The van der Waals surface area contributed by atoms with Crippen molar-refractivity contribution in [1.82, 2.24) is 9.80 Å². The lowest BCUT2D eigenvalue weighted by Gasteiger charge is -2.36. The van der Waals surface area contributed by atoms with Crippen LogP contribution in [-0.2, 0) is 11.3 Å². The van der Waals surface area contributed by atoms with Gasteiger partial charge in [0.1, 0.15) is 5.82 Å². The number of piperazine rings is 1. The van der Waals surface area contributed by atoms with Gasteiger partial charge in [0, 0.05) is 32.7 Å². The SMILES string of the molecule is O=C1C(=O)N(CN2CCN(Cc3ccsc3)CC2)c2c(F)ccc(Cl)c21. The van der Waals surface area contributed by atoms with Crippen LogP contribution >= 0.6 is 22.9 Å². The molecule has 0 bridgehead atoms. The third-order valence-corrected chi connectivity index (χ3v) is 5.85. The van der Waals surface area contributed by atoms with Gasteiger partial charge in [-0.1, -0.05) is 11.6 Å². The first-order valence-corrected chi connectivity index (χ1v) is 9.66. The van der Waals surface area contributed by atoms with Crippen molar-refractivity contribution in [3.8, 4) is 0 Å². The summed E-state index contributed by atoms with van der Waals surface area (Å²) in [5, 5.41) is 4.33. The second-order valence-corrected chi connectivity index (χ2v) is 7.67. The number of carbonyl (C=O) groups is 2. The second kappa shape index (κ2) is 7.08. The minimum absolute atomic E-state index is 0.00760. The third-order valence-electron chi connectivity index (χ3n) is 4.81. The van der Waals surface area contributed by atoms with E-state index >= 15 is 0 Å². The van der Waals surface area contributed by atoms with Crippen LogP contribution in [0, 0.1) is 5.82 Å². The molecule has 1 amide bonds. The quantitative estimate of drug-likeness (QED) is 0.749. The first-order chi connectivity index (χ1) is 12.5. The number of anilines is 1. The average Bonchev–Trinajstić information content (AvgIpc) is 3.23. The first kappa shape index (κ1) is 17.6. The molecule has 5 nitrogen and oxygen atoms in total. The number of benzene rings is 1. The zero-order chi connectivity index (χ0) is 18.3. The van der Waals surface area contributed by atoms with Crippen molar-refractivity contribution in [3.63, 3.8) is 0 Å². The number of nitrogens with zero attached hydrogens (tertiary/aromatic N) is 3. The van der Waals surface area contributed by atoms with Crippen LogP contribution in [0.2, 0.25) is 5.02 Å². The molecule has 0 spiro atoms. The summed E-state index contributed by atoms with van der Waals surface area (Å²) in [5.41, 5.74) is 1.29. The normalized spacial score (nSPS) is 18.6. The molecule has 0 atom stereocenters. The number of amides is 1. The molecule has 0 N–H and O–H groups in total. The van der Waals surface area contributed by atoms with Gasteiger partial charge in [-0.05, 0) is 34.5 Å². The lowest BCUT2D eigenvalue weighted by atomic mass is 10.1. The Morgan fingerprint density at radius 2 is 1.81 bits per heavy atom. The van der Waals surface area contributed by atoms with E-state index in [2.05, 4.69) is 26.6 Å². The Balaban J connectivity index is 1.44. The van der Waals surface area contributed by atoms with E-state index in [1.807, 2.05) is 0 Å². The van der Waals surface area contributed by atoms with Crippen molar-refractivity contribution < 1.29 is 14.0 Å². The van der Waals surface area contributed by atoms with Crippen molar-refractivity contribution in [2.45, 2.75) is 6.54 Å². The molecule has 1 saturated heterocycles. The largest absolute Gasteiger partial charge is 0.300 e. The Morgan fingerprint density at radius 1 is 1.08 bits per heavy atom. The number of hydrogen-bond acceptors (Lipinski definition) is 5. The maximum absolute atomic E-state index is 14.3. The Kier molecular flexibility index (Phi) is 4.79. The van der Waals surface area contributed by atoms with Gasteiger partial charge in [0.25, 0.3) is 5.78 Å². The van der Waals surface area contributed by atoms with Crippen LogP contribution in [0.5, 0.6) is 0 Å². The number of halogens is 2. The fraction of sp³-hybridized carbons (Fsp3) is 0.333. The molecule has 1 aromatic heterocycles. The molecule has 4 rings (SSSR count). The van der Waals surface area contributed by atoms with E-state index in [9.17, 15) is 14.0 Å². The van der Waals surface area contributed by atoms with Crippen LogP contribution in [0.15, 0.2) is 29.0 Å². The Labute approximate surface area is 159 Å². The molecule has 8 heteroatoms. The summed E-state index contributed by atoms with van der Waals surface area (Å²) in [4.78, 5) is 30.1. The molecular formula is C18H17ClFN3O2S. The molecule has 1 aromatic carbocycles. The number of ketones is 1. The summed E-state index contributed by atoms with van der Waals surface area (Å²) in [6.45, 7) is 4.32. The van der Waals surface area contributed by atoms with Crippen LogP contribution in [0.4, 0.5) is 10.1 Å². The van der Waals surface area contributed by atoms with E-state index in [1.165, 1.54) is 22.6 Å². The molecular weight excluding hydrogens is 377 g/mol. The van der Waals surface area contributed by atoms with Gasteiger partial charge in [0.05, 0.1) is 22.9 Å². The van der Waals surface area contributed by atoms with Gasteiger partial charge in [-0.2, -0.15) is 11.3 Å². The number of thiophene rings is 1. The zero-order valence-corrected chi connectivity index (χ0v) is 15.5. The Bertz CT molecular complexity index is 850. The van der Waals surface area contributed by atoms with Gasteiger partial charge in [-0.3, -0.25) is 24.3 Å². The predicted molar refractivity (Wildman–Crippen MR) is 99.3 cm³/mol. The van der Waals surface area contributed by atoms with E-state index in [0.29, 0.717) is 0 Å². The summed E-state index contributed by atoms with van der Waals surface area (Å²) in [6, 6.07) is 4.63. The second-order valence-electron chi connectivity index (χ2n) is 6.48. The number of rotatable bonds is 4. The maximum Gasteiger partial charge on any atom is 0.300 e. The topological polar surface area (TPSA) is 43.9 Å². The smallest absolute Gasteiger partial charge is 0.297 e. The van der Waals surface area contributed by atoms with Gasteiger partial charge in [0.15, 0.2) is 0 Å². The molecule has 0 saturated carbocycles. The molecule has 0 radical (unpaired) electrons. The van der Waals surface area contributed by atoms with Crippen LogP contribution in [0.25, 0.3) is 0 Å². The molecule has 2 aliphatic rings. The minimum atomic E-state index is -0.736. The highest BCUT2D eigenvalue weighted by atomic mass is 35.5. The standard InChI is InChI=1S/C18H17ClFN3O2S/c19-13-1-2-14(20)16-15(13)17(24)18(25)23(16)11-22-6-4-21(5-7-22)9-12-3-8-26-10-12/h1-3,8,10H,4-7,9,11H2. The molecule has 136 valence electrons. The average molecular weight is 394 g/mol. The number of fused-ring (bicyclic) bond motifs is 1. The summed E-state index contributed by atoms with van der Waals surface area (Å²) >= 11 is 7.70. The minimum Gasteiger partial charge on any atom is -0.297 e. The van der Waals surface area contributed by atoms with Crippen molar-refractivity contribution in [3.05, 3.63) is 50.9 Å². The van der Waals surface area contributed by atoms with E-state index in [0.717, 1.165) is 32.7 Å². The summed E-state index contributed by atoms with van der Waals surface area (Å²) in [5.74, 6) is -2.05. The first-order valence-electron chi connectivity index (χ1n) is 8.34. The molecule has 1 fully saturated rings. The molecule has 26 heavy (non-hydrogen) atoms. The van der Waals surface area contributed by atoms with Gasteiger partial charge in [-0.15, -0.1) is 0 Å². The highest BCUT2D eigenvalue weighted by Gasteiger charge is 2.40. The van der Waals surface area contributed by atoms with Gasteiger partial charge in [-0.25, -0.2) is 4.39 Å². The molecule has 0 unspecified atom stereocenters. The lowest BCUT2D eigenvalue weighted by molar-refractivity contribution is -0.114. The van der Waals surface area contributed by atoms with Crippen molar-refractivity contribution in [2.24, 2.45) is 0 Å². The van der Waals surface area contributed by atoms with Crippen LogP contribution < -0.4 is 4.90 Å². The lowest BCUT2D eigenvalue weighted by Crippen LogP contribution is -2.50. The van der Waals surface area contributed by atoms with E-state index in [-0.39, 0.29) is 22.9 Å². The molecule has 2 aliphatic heterocycles. The predicted octanol–water partition coefficient (Wildman–Crippen LogP) is 2.85. The fourth-order valence-corrected chi connectivity index (χ4v) is 4.31. The van der Waals surface area contributed by atoms with Crippen molar-refractivity contribution in [1.29, 1.82) is 0 Å². The number of carbonyl (C=O) groups excluding carboxylic acids is 2.